The summed E-state index contributed by atoms with van der Waals surface area (Å²) in [6.45, 7) is 5.06. The quantitative estimate of drug-likeness (QED) is 0.0222. The number of rotatable bonds is 89. The van der Waals surface area contributed by atoms with Gasteiger partial charge in [0.15, 0.2) is 12.2 Å². The Morgan fingerprint density at radius 3 is 0.551 bits per heavy atom. The number of ether oxygens (including phenoxy) is 4. The Morgan fingerprint density at radius 1 is 0.224 bits per heavy atom. The number of hydrogen-bond acceptors (Lipinski definition) is 15. The number of phosphoric acid groups is 2. The number of aliphatic hydroxyl groups excluding tert-OH is 1. The van der Waals surface area contributed by atoms with E-state index in [4.69, 9.17) is 37.0 Å². The molecule has 0 aromatic heterocycles. The number of esters is 4. The van der Waals surface area contributed by atoms with Crippen LogP contribution in [0.3, 0.4) is 0 Å². The molecule has 0 saturated carbocycles. The normalized spacial score (nSPS) is 13.7. The monoisotopic (exact) mass is 1560 g/mol. The van der Waals surface area contributed by atoms with Gasteiger partial charge in [0.1, 0.15) is 19.3 Å². The molecule has 0 aromatic rings. The fourth-order valence-corrected chi connectivity index (χ4v) is 15.5. The van der Waals surface area contributed by atoms with Crippen molar-refractivity contribution in [2.75, 3.05) is 39.6 Å². The zero-order valence-electron chi connectivity index (χ0n) is 70.1. The minimum absolute atomic E-state index is 0.109. The van der Waals surface area contributed by atoms with E-state index < -0.39 is 97.5 Å². The SMILES string of the molecule is CCCCCCCCCCCCCCCCCCCCCCCC(=O)O[C@H](COC(=O)CCCCCCCCCCCCCCCCCCCC)COP(=O)(O)OC[C@@H](O)COP(=O)(O)OC[C@@H](COC(=O)CCCCCCCCCCCC)OC(=O)CCCCCCCCCCCCCCCCCCCC. The minimum Gasteiger partial charge on any atom is -0.462 e. The van der Waals surface area contributed by atoms with Gasteiger partial charge in [-0.1, -0.05) is 432 Å². The van der Waals surface area contributed by atoms with Crippen LogP contribution in [0.1, 0.15) is 484 Å². The van der Waals surface area contributed by atoms with Gasteiger partial charge in [-0.05, 0) is 25.7 Å². The summed E-state index contributed by atoms with van der Waals surface area (Å²) in [5, 5.41) is 10.7. The second-order valence-electron chi connectivity index (χ2n) is 31.6. The van der Waals surface area contributed by atoms with Crippen LogP contribution in [-0.2, 0) is 65.4 Å². The molecule has 0 aliphatic carbocycles. The summed E-state index contributed by atoms with van der Waals surface area (Å²) >= 11 is 0. The fraction of sp³-hybridized carbons (Fsp3) is 0.955. The van der Waals surface area contributed by atoms with E-state index in [1.165, 1.54) is 315 Å². The predicted molar refractivity (Wildman–Crippen MR) is 442 cm³/mol. The van der Waals surface area contributed by atoms with E-state index >= 15 is 0 Å². The molecule has 0 amide bonds. The molecular formula is C88H172O17P2. The smallest absolute Gasteiger partial charge is 0.462 e. The average Bonchev–Trinajstić information content (AvgIpc) is 0.901. The summed E-state index contributed by atoms with van der Waals surface area (Å²) in [7, 11) is -9.93. The first-order valence-electron chi connectivity index (χ1n) is 45.8. The molecule has 636 valence electrons. The van der Waals surface area contributed by atoms with Gasteiger partial charge in [-0.15, -0.1) is 0 Å². The standard InChI is InChI=1S/C88H172O17P2/c1-5-9-13-17-21-25-29-32-35-38-41-42-43-46-49-52-55-59-63-67-71-75-88(93)105-84(79-99-86(91)73-69-65-61-57-53-50-47-44-39-36-33-30-26-22-18-14-10-6-2)81-103-107(96,97)101-77-82(89)76-100-106(94,95)102-80-83(78-98-85(90)72-68-64-60-56-28-24-20-16-12-8-4)104-87(92)74-70-66-62-58-54-51-48-45-40-37-34-31-27-23-19-15-11-7-3/h82-84,89H,5-81H2,1-4H3,(H,94,95)(H,96,97)/t82-,83+,84+/m0/s1. The van der Waals surface area contributed by atoms with Crippen LogP contribution in [0.4, 0.5) is 0 Å². The van der Waals surface area contributed by atoms with Crippen LogP contribution in [-0.4, -0.2) is 96.7 Å². The maximum Gasteiger partial charge on any atom is 0.472 e. The summed E-state index contributed by atoms with van der Waals surface area (Å²) in [6.07, 6.45) is 77.8. The number of phosphoric ester groups is 2. The van der Waals surface area contributed by atoms with Gasteiger partial charge in [-0.3, -0.25) is 37.3 Å². The Morgan fingerprint density at radius 2 is 0.374 bits per heavy atom. The summed E-state index contributed by atoms with van der Waals surface area (Å²) in [5.74, 6) is -2.10. The molecule has 17 nitrogen and oxygen atoms in total. The molecule has 0 aliphatic rings. The third-order valence-electron chi connectivity index (χ3n) is 20.9. The summed E-state index contributed by atoms with van der Waals surface area (Å²) in [4.78, 5) is 73.3. The van der Waals surface area contributed by atoms with Crippen LogP contribution in [0.15, 0.2) is 0 Å². The first-order valence-corrected chi connectivity index (χ1v) is 48.8. The molecule has 5 atom stereocenters. The van der Waals surface area contributed by atoms with E-state index in [0.29, 0.717) is 25.7 Å². The lowest BCUT2D eigenvalue weighted by Crippen LogP contribution is -2.30. The maximum absolute atomic E-state index is 13.2. The van der Waals surface area contributed by atoms with Gasteiger partial charge in [0.2, 0.25) is 0 Å². The molecule has 3 N–H and O–H groups in total. The van der Waals surface area contributed by atoms with Crippen LogP contribution >= 0.6 is 15.6 Å². The van der Waals surface area contributed by atoms with Crippen molar-refractivity contribution in [2.24, 2.45) is 0 Å². The number of carbonyl (C=O) groups excluding carboxylic acids is 4. The van der Waals surface area contributed by atoms with Crippen molar-refractivity contribution in [1.29, 1.82) is 0 Å². The molecule has 0 bridgehead atoms. The van der Waals surface area contributed by atoms with Crippen LogP contribution in [0, 0.1) is 0 Å². The van der Waals surface area contributed by atoms with E-state index in [1.807, 2.05) is 0 Å². The topological polar surface area (TPSA) is 237 Å². The molecule has 0 rings (SSSR count). The van der Waals surface area contributed by atoms with Crippen molar-refractivity contribution in [1.82, 2.24) is 0 Å². The maximum atomic E-state index is 13.2. The van der Waals surface area contributed by atoms with Crippen molar-refractivity contribution in [2.45, 2.75) is 502 Å². The average molecular weight is 1560 g/mol. The molecule has 0 radical (unpaired) electrons. The molecule has 0 saturated heterocycles. The number of hydrogen-bond donors (Lipinski definition) is 3. The summed E-state index contributed by atoms with van der Waals surface area (Å²) in [5.41, 5.74) is 0. The molecule has 0 aliphatic heterocycles. The Hall–Kier alpha value is -1.94. The highest BCUT2D eigenvalue weighted by Gasteiger charge is 2.30. The molecule has 107 heavy (non-hydrogen) atoms. The number of unbranched alkanes of at least 4 members (excludes halogenated alkanes) is 63. The van der Waals surface area contributed by atoms with Crippen molar-refractivity contribution in [3.63, 3.8) is 0 Å². The highest BCUT2D eigenvalue weighted by Crippen LogP contribution is 2.45. The summed E-state index contributed by atoms with van der Waals surface area (Å²) in [6, 6.07) is 0. The fourth-order valence-electron chi connectivity index (χ4n) is 13.9. The zero-order valence-corrected chi connectivity index (χ0v) is 71.9. The molecular weight excluding hydrogens is 1390 g/mol. The molecule has 0 spiro atoms. The lowest BCUT2D eigenvalue weighted by molar-refractivity contribution is -0.161. The summed E-state index contributed by atoms with van der Waals surface area (Å²) < 4.78 is 69.0. The number of aliphatic hydroxyl groups is 1. The van der Waals surface area contributed by atoms with E-state index in [0.717, 1.165) is 89.9 Å². The van der Waals surface area contributed by atoms with Crippen molar-refractivity contribution in [3.8, 4) is 0 Å². The van der Waals surface area contributed by atoms with Crippen molar-refractivity contribution in [3.05, 3.63) is 0 Å². The minimum atomic E-state index is -4.97. The van der Waals surface area contributed by atoms with Crippen LogP contribution in [0.5, 0.6) is 0 Å². The lowest BCUT2D eigenvalue weighted by atomic mass is 10.0. The Kier molecular flexibility index (Phi) is 80.6. The molecule has 2 unspecified atom stereocenters. The first kappa shape index (κ1) is 105. The number of carbonyl (C=O) groups is 4. The third-order valence-corrected chi connectivity index (χ3v) is 22.8. The van der Waals surface area contributed by atoms with Gasteiger partial charge in [-0.2, -0.15) is 0 Å². The second-order valence-corrected chi connectivity index (χ2v) is 34.5. The third kappa shape index (κ3) is 81.9. The van der Waals surface area contributed by atoms with Gasteiger partial charge in [0.05, 0.1) is 26.4 Å². The van der Waals surface area contributed by atoms with E-state index in [-0.39, 0.29) is 25.7 Å². The van der Waals surface area contributed by atoms with Gasteiger partial charge >= 0.3 is 39.5 Å². The Bertz CT molecular complexity index is 2020. The van der Waals surface area contributed by atoms with Crippen LogP contribution < -0.4 is 0 Å². The second kappa shape index (κ2) is 82.1. The molecule has 19 heteroatoms. The van der Waals surface area contributed by atoms with Crippen LogP contribution in [0.25, 0.3) is 0 Å². The largest absolute Gasteiger partial charge is 0.472 e. The van der Waals surface area contributed by atoms with E-state index in [1.54, 1.807) is 0 Å². The van der Waals surface area contributed by atoms with Crippen LogP contribution in [0.2, 0.25) is 0 Å². The van der Waals surface area contributed by atoms with Gasteiger partial charge in [0.25, 0.3) is 0 Å². The van der Waals surface area contributed by atoms with Crippen molar-refractivity contribution >= 4 is 39.5 Å². The Balaban J connectivity index is 5.21. The first-order chi connectivity index (χ1) is 52.2. The molecule has 0 fully saturated rings. The highest BCUT2D eigenvalue weighted by atomic mass is 31.2. The van der Waals surface area contributed by atoms with Gasteiger partial charge in [0, 0.05) is 25.7 Å². The van der Waals surface area contributed by atoms with Gasteiger partial charge < -0.3 is 33.8 Å². The Labute approximate surface area is 658 Å². The zero-order chi connectivity index (χ0) is 78.1. The highest BCUT2D eigenvalue weighted by molar-refractivity contribution is 7.47. The van der Waals surface area contributed by atoms with Crippen molar-refractivity contribution < 1.29 is 80.2 Å². The molecule has 0 heterocycles. The predicted octanol–water partition coefficient (Wildman–Crippen LogP) is 27.3. The van der Waals surface area contributed by atoms with E-state index in [2.05, 4.69) is 27.7 Å². The van der Waals surface area contributed by atoms with E-state index in [9.17, 15) is 43.2 Å². The van der Waals surface area contributed by atoms with Gasteiger partial charge in [-0.25, -0.2) is 9.13 Å². The lowest BCUT2D eigenvalue weighted by Gasteiger charge is -2.21. The molecule has 0 aromatic carbocycles.